The molecule has 0 unspecified atom stereocenters. The van der Waals surface area contributed by atoms with E-state index in [1.54, 1.807) is 4.31 Å². The Morgan fingerprint density at radius 3 is 2.25 bits per heavy atom. The summed E-state index contributed by atoms with van der Waals surface area (Å²) in [5, 5.41) is 0. The van der Waals surface area contributed by atoms with Crippen molar-refractivity contribution in [2.45, 2.75) is 32.7 Å². The van der Waals surface area contributed by atoms with Crippen LogP contribution in [0.25, 0.3) is 0 Å². The summed E-state index contributed by atoms with van der Waals surface area (Å²) in [4.78, 5) is 0. The molecule has 6 heteroatoms. The second-order valence-corrected chi connectivity index (χ2v) is 6.86. The van der Waals surface area contributed by atoms with Gasteiger partial charge in [-0.1, -0.05) is 18.6 Å². The summed E-state index contributed by atoms with van der Waals surface area (Å²) in [6.45, 7) is 4.00. The fourth-order valence-corrected chi connectivity index (χ4v) is 4.23. The standard InChI is InChI=1S/C14H23N3O2S/c1-2-17(14-8-6-13(12-15)7-9-14)20(18,19)16-10-4-3-5-11-16/h6-9H,2-5,10-12,15H2,1H3. The van der Waals surface area contributed by atoms with Gasteiger partial charge < -0.3 is 5.73 Å². The van der Waals surface area contributed by atoms with Gasteiger partial charge in [-0.3, -0.25) is 4.31 Å². The first kappa shape index (κ1) is 15.3. The fraction of sp³-hybridized carbons (Fsp3) is 0.571. The molecule has 0 aliphatic carbocycles. The molecule has 112 valence electrons. The maximum Gasteiger partial charge on any atom is 0.304 e. The van der Waals surface area contributed by atoms with Crippen molar-refractivity contribution in [3.8, 4) is 0 Å². The third-order valence-electron chi connectivity index (χ3n) is 3.67. The molecule has 1 heterocycles. The van der Waals surface area contributed by atoms with Crippen molar-refractivity contribution in [1.29, 1.82) is 0 Å². The van der Waals surface area contributed by atoms with Crippen LogP contribution < -0.4 is 10.0 Å². The minimum Gasteiger partial charge on any atom is -0.326 e. The number of rotatable bonds is 5. The van der Waals surface area contributed by atoms with Gasteiger partial charge in [0.05, 0.1) is 5.69 Å². The normalized spacial score (nSPS) is 17.1. The molecule has 1 aliphatic rings. The fourth-order valence-electron chi connectivity index (χ4n) is 2.51. The molecule has 2 N–H and O–H groups in total. The Balaban J connectivity index is 2.25. The Morgan fingerprint density at radius 1 is 1.15 bits per heavy atom. The summed E-state index contributed by atoms with van der Waals surface area (Å²) in [5.41, 5.74) is 7.28. The van der Waals surface area contributed by atoms with Crippen LogP contribution in [0.15, 0.2) is 24.3 Å². The lowest BCUT2D eigenvalue weighted by molar-refractivity contribution is 0.345. The first-order valence-electron chi connectivity index (χ1n) is 7.16. The molecular formula is C14H23N3O2S. The first-order chi connectivity index (χ1) is 9.59. The lowest BCUT2D eigenvalue weighted by Crippen LogP contribution is -2.46. The van der Waals surface area contributed by atoms with E-state index in [9.17, 15) is 8.42 Å². The monoisotopic (exact) mass is 297 g/mol. The van der Waals surface area contributed by atoms with E-state index < -0.39 is 10.2 Å². The number of hydrogen-bond acceptors (Lipinski definition) is 3. The van der Waals surface area contributed by atoms with Crippen molar-refractivity contribution >= 4 is 15.9 Å². The second kappa shape index (κ2) is 6.56. The van der Waals surface area contributed by atoms with E-state index in [2.05, 4.69) is 0 Å². The van der Waals surface area contributed by atoms with Gasteiger partial charge in [0.25, 0.3) is 0 Å². The summed E-state index contributed by atoms with van der Waals surface area (Å²) < 4.78 is 28.5. The van der Waals surface area contributed by atoms with Gasteiger partial charge in [0.15, 0.2) is 0 Å². The number of hydrogen-bond donors (Lipinski definition) is 1. The Kier molecular flexibility index (Phi) is 5.01. The smallest absolute Gasteiger partial charge is 0.304 e. The third kappa shape index (κ3) is 3.13. The largest absolute Gasteiger partial charge is 0.326 e. The number of nitrogens with two attached hydrogens (primary N) is 1. The molecule has 0 aromatic heterocycles. The van der Waals surface area contributed by atoms with Gasteiger partial charge >= 0.3 is 10.2 Å². The summed E-state index contributed by atoms with van der Waals surface area (Å²) >= 11 is 0. The highest BCUT2D eigenvalue weighted by Crippen LogP contribution is 2.23. The highest BCUT2D eigenvalue weighted by atomic mass is 32.2. The van der Waals surface area contributed by atoms with E-state index in [4.69, 9.17) is 5.73 Å². The summed E-state index contributed by atoms with van der Waals surface area (Å²) in [7, 11) is -3.41. The van der Waals surface area contributed by atoms with E-state index in [1.165, 1.54) is 4.31 Å². The van der Waals surface area contributed by atoms with Gasteiger partial charge in [-0.15, -0.1) is 0 Å². The van der Waals surface area contributed by atoms with Gasteiger partial charge in [0.2, 0.25) is 0 Å². The van der Waals surface area contributed by atoms with Crippen LogP contribution in [0.1, 0.15) is 31.7 Å². The predicted molar refractivity (Wildman–Crippen MR) is 81.7 cm³/mol. The van der Waals surface area contributed by atoms with Gasteiger partial charge in [-0.25, -0.2) is 0 Å². The Labute approximate surface area is 121 Å². The summed E-state index contributed by atoms with van der Waals surface area (Å²) in [6.07, 6.45) is 3.01. The quantitative estimate of drug-likeness (QED) is 0.899. The van der Waals surface area contributed by atoms with Crippen molar-refractivity contribution in [3.05, 3.63) is 29.8 Å². The molecule has 0 atom stereocenters. The summed E-state index contributed by atoms with van der Waals surface area (Å²) in [5.74, 6) is 0. The molecule has 0 amide bonds. The molecule has 0 saturated carbocycles. The molecule has 1 aliphatic heterocycles. The lowest BCUT2D eigenvalue weighted by Gasteiger charge is -2.32. The van der Waals surface area contributed by atoms with Crippen molar-refractivity contribution in [1.82, 2.24) is 4.31 Å². The predicted octanol–water partition coefficient (Wildman–Crippen LogP) is 1.70. The van der Waals surface area contributed by atoms with Crippen LogP contribution in [0.2, 0.25) is 0 Å². The third-order valence-corrected chi connectivity index (χ3v) is 5.71. The van der Waals surface area contributed by atoms with E-state index in [0.717, 1.165) is 24.8 Å². The van der Waals surface area contributed by atoms with E-state index in [-0.39, 0.29) is 0 Å². The topological polar surface area (TPSA) is 66.6 Å². The Hall–Kier alpha value is -1.11. The first-order valence-corrected chi connectivity index (χ1v) is 8.56. The number of piperidine rings is 1. The second-order valence-electron chi connectivity index (χ2n) is 5.00. The van der Waals surface area contributed by atoms with Crippen LogP contribution in [0.4, 0.5) is 5.69 Å². The molecule has 1 aromatic rings. The van der Waals surface area contributed by atoms with Crippen LogP contribution in [0.5, 0.6) is 0 Å². The zero-order valence-electron chi connectivity index (χ0n) is 12.0. The van der Waals surface area contributed by atoms with E-state index in [1.807, 2.05) is 31.2 Å². The van der Waals surface area contributed by atoms with Crippen LogP contribution in [0, 0.1) is 0 Å². The van der Waals surface area contributed by atoms with Crippen LogP contribution in [-0.4, -0.2) is 32.4 Å². The molecule has 20 heavy (non-hydrogen) atoms. The lowest BCUT2D eigenvalue weighted by atomic mass is 10.2. The molecule has 1 fully saturated rings. The average molecular weight is 297 g/mol. The van der Waals surface area contributed by atoms with Crippen LogP contribution in [0.3, 0.4) is 0 Å². The van der Waals surface area contributed by atoms with Crippen LogP contribution in [-0.2, 0) is 16.8 Å². The molecule has 5 nitrogen and oxygen atoms in total. The highest BCUT2D eigenvalue weighted by Gasteiger charge is 2.29. The molecular weight excluding hydrogens is 274 g/mol. The van der Waals surface area contributed by atoms with E-state index in [0.29, 0.717) is 31.9 Å². The number of anilines is 1. The molecule has 1 aromatic carbocycles. The van der Waals surface area contributed by atoms with Gasteiger partial charge in [0, 0.05) is 26.2 Å². The number of nitrogens with zero attached hydrogens (tertiary/aromatic N) is 2. The average Bonchev–Trinajstić information content (AvgIpc) is 2.49. The minimum absolute atomic E-state index is 0.431. The SMILES string of the molecule is CCN(c1ccc(CN)cc1)S(=O)(=O)N1CCCCC1. The molecule has 2 rings (SSSR count). The zero-order valence-corrected chi connectivity index (χ0v) is 12.8. The highest BCUT2D eigenvalue weighted by molar-refractivity contribution is 7.90. The van der Waals surface area contributed by atoms with Crippen molar-refractivity contribution in [2.24, 2.45) is 5.73 Å². The van der Waals surface area contributed by atoms with Gasteiger partial charge in [-0.2, -0.15) is 12.7 Å². The van der Waals surface area contributed by atoms with Crippen molar-refractivity contribution in [3.63, 3.8) is 0 Å². The molecule has 0 bridgehead atoms. The Bertz CT molecular complexity index is 522. The Morgan fingerprint density at radius 2 is 1.75 bits per heavy atom. The van der Waals surface area contributed by atoms with Gasteiger partial charge in [-0.05, 0) is 37.5 Å². The summed E-state index contributed by atoms with van der Waals surface area (Å²) in [6, 6.07) is 7.41. The molecule has 0 spiro atoms. The van der Waals surface area contributed by atoms with E-state index >= 15 is 0 Å². The maximum absolute atomic E-state index is 12.7. The minimum atomic E-state index is -3.41. The molecule has 0 radical (unpaired) electrons. The van der Waals surface area contributed by atoms with Gasteiger partial charge in [0.1, 0.15) is 0 Å². The van der Waals surface area contributed by atoms with Crippen molar-refractivity contribution < 1.29 is 8.42 Å². The maximum atomic E-state index is 12.7. The molecule has 1 saturated heterocycles. The van der Waals surface area contributed by atoms with Crippen molar-refractivity contribution in [2.75, 3.05) is 23.9 Å². The zero-order chi connectivity index (χ0) is 14.6. The van der Waals surface area contributed by atoms with Crippen LogP contribution >= 0.6 is 0 Å². The number of benzene rings is 1.